The smallest absolute Gasteiger partial charge is 0.270 e. The minimum absolute atomic E-state index is 0.0635. The summed E-state index contributed by atoms with van der Waals surface area (Å²) < 4.78 is 2.07. The minimum Gasteiger partial charge on any atom is -0.343 e. The van der Waals surface area contributed by atoms with Gasteiger partial charge in [-0.05, 0) is 43.4 Å². The van der Waals surface area contributed by atoms with E-state index in [2.05, 4.69) is 43.0 Å². The van der Waals surface area contributed by atoms with Crippen LogP contribution in [0.1, 0.15) is 66.2 Å². The van der Waals surface area contributed by atoms with Crippen molar-refractivity contribution in [3.05, 3.63) is 53.6 Å². The van der Waals surface area contributed by atoms with Crippen molar-refractivity contribution in [1.82, 2.24) is 24.7 Å². The van der Waals surface area contributed by atoms with Crippen LogP contribution < -0.4 is 16.0 Å². The first kappa shape index (κ1) is 24.5. The number of likely N-dealkylation sites (tertiary alicyclic amines) is 1. The van der Waals surface area contributed by atoms with Gasteiger partial charge in [0, 0.05) is 69.8 Å². The fourth-order valence-corrected chi connectivity index (χ4v) is 5.92. The van der Waals surface area contributed by atoms with Gasteiger partial charge in [0.25, 0.3) is 5.91 Å². The Bertz CT molecular complexity index is 1100. The quantitative estimate of drug-likeness (QED) is 0.401. The van der Waals surface area contributed by atoms with E-state index in [-0.39, 0.29) is 11.9 Å². The predicted octanol–water partition coefficient (Wildman–Crippen LogP) is 3.63. The molecule has 2 bridgehead atoms. The van der Waals surface area contributed by atoms with Crippen molar-refractivity contribution in [2.75, 3.05) is 37.8 Å². The van der Waals surface area contributed by atoms with Crippen molar-refractivity contribution >= 4 is 23.8 Å². The van der Waals surface area contributed by atoms with Crippen molar-refractivity contribution in [2.24, 2.45) is 0 Å². The Hall–Kier alpha value is -3.17. The number of rotatable bonds is 9. The molecule has 2 aromatic heterocycles. The number of fused-ring (bicyclic) bond motifs is 2. The van der Waals surface area contributed by atoms with Gasteiger partial charge in [-0.2, -0.15) is 0 Å². The summed E-state index contributed by atoms with van der Waals surface area (Å²) in [6.45, 7) is 7.28. The minimum atomic E-state index is -0.0635. The van der Waals surface area contributed by atoms with Crippen LogP contribution in [0, 0.1) is 5.41 Å². The Labute approximate surface area is 213 Å². The molecule has 1 amide bonds. The van der Waals surface area contributed by atoms with Crippen LogP contribution in [0.5, 0.6) is 0 Å². The maximum absolute atomic E-state index is 12.9. The number of carbonyl (C=O) groups is 1. The molecule has 0 spiro atoms. The molecule has 192 valence electrons. The van der Waals surface area contributed by atoms with E-state index in [9.17, 15) is 4.79 Å². The molecule has 2 aromatic rings. The summed E-state index contributed by atoms with van der Waals surface area (Å²) in [6.07, 6.45) is 10.1. The molecule has 2 unspecified atom stereocenters. The highest BCUT2D eigenvalue weighted by Crippen LogP contribution is 2.36. The van der Waals surface area contributed by atoms with Gasteiger partial charge < -0.3 is 30.8 Å². The average molecular weight is 491 g/mol. The van der Waals surface area contributed by atoms with Gasteiger partial charge in [-0.1, -0.05) is 25.5 Å². The van der Waals surface area contributed by atoms with E-state index in [1.807, 2.05) is 12.3 Å². The van der Waals surface area contributed by atoms with E-state index in [1.54, 1.807) is 25.1 Å². The first-order valence-corrected chi connectivity index (χ1v) is 13.0. The second kappa shape index (κ2) is 10.4. The molecule has 1 aliphatic carbocycles. The number of anilines is 2. The molecule has 3 aliphatic rings. The number of nitrogens with zero attached hydrogens (tertiary/aromatic N) is 4. The molecule has 0 aromatic carbocycles. The zero-order chi connectivity index (χ0) is 25.2. The van der Waals surface area contributed by atoms with Crippen LogP contribution in [0.4, 0.5) is 11.6 Å². The molecule has 2 aliphatic heterocycles. The van der Waals surface area contributed by atoms with Gasteiger partial charge in [-0.15, -0.1) is 0 Å². The Kier molecular flexibility index (Phi) is 7.11. The lowest BCUT2D eigenvalue weighted by molar-refractivity contribution is 0.0815. The number of pyridine rings is 1. The van der Waals surface area contributed by atoms with E-state index < -0.39 is 0 Å². The summed E-state index contributed by atoms with van der Waals surface area (Å²) in [7, 11) is 3.52. The highest BCUT2D eigenvalue weighted by Gasteiger charge is 2.32. The Balaban J connectivity index is 1.27. The highest BCUT2D eigenvalue weighted by molar-refractivity contribution is 5.98. The number of hydrogen-bond donors (Lipinski definition) is 4. The first-order chi connectivity index (χ1) is 17.4. The maximum Gasteiger partial charge on any atom is 0.270 e. The summed E-state index contributed by atoms with van der Waals surface area (Å²) in [5, 5.41) is 18.2. The number of nitrogens with one attached hydrogen (secondary N) is 4. The van der Waals surface area contributed by atoms with Crippen LogP contribution >= 0.6 is 0 Å². The van der Waals surface area contributed by atoms with E-state index in [4.69, 9.17) is 5.41 Å². The number of aromatic nitrogens is 2. The van der Waals surface area contributed by atoms with Gasteiger partial charge in [0.15, 0.2) is 0 Å². The third kappa shape index (κ3) is 5.17. The van der Waals surface area contributed by atoms with Crippen molar-refractivity contribution in [3.63, 3.8) is 0 Å². The molecule has 4 N–H and O–H groups in total. The van der Waals surface area contributed by atoms with E-state index in [1.165, 1.54) is 24.6 Å². The standard InChI is InChI=1S/C27H38N8O/c1-18(30-25-11-8-19(14-29-25)15-34-16-21-9-10-22(17-34)32-21)31-26-20(13-28)12-24(27(36)33(2)3)35(26)23-6-4-5-7-23/h8,11-14,21-23,28,31-32H,1,4-7,9-10,15-17H2,2-3H3,(H,29,30). The third-order valence-electron chi connectivity index (χ3n) is 7.61. The molecule has 36 heavy (non-hydrogen) atoms. The third-order valence-corrected chi connectivity index (χ3v) is 7.61. The molecule has 0 radical (unpaired) electrons. The lowest BCUT2D eigenvalue weighted by atomic mass is 10.2. The molecule has 3 fully saturated rings. The van der Waals surface area contributed by atoms with Gasteiger partial charge in [-0.3, -0.25) is 9.69 Å². The number of carbonyl (C=O) groups excluding carboxylic acids is 1. The molecule has 5 rings (SSSR count). The molecule has 9 heteroatoms. The van der Waals surface area contributed by atoms with Crippen molar-refractivity contribution in [2.45, 2.75) is 63.2 Å². The van der Waals surface area contributed by atoms with Crippen molar-refractivity contribution < 1.29 is 4.79 Å². The Morgan fingerprint density at radius 3 is 2.53 bits per heavy atom. The van der Waals surface area contributed by atoms with Gasteiger partial charge in [-0.25, -0.2) is 4.98 Å². The Morgan fingerprint density at radius 2 is 1.92 bits per heavy atom. The average Bonchev–Trinajstić information content (AvgIpc) is 3.58. The zero-order valence-corrected chi connectivity index (χ0v) is 21.4. The van der Waals surface area contributed by atoms with Crippen LogP contribution in [-0.4, -0.2) is 70.7 Å². The molecular weight excluding hydrogens is 452 g/mol. The summed E-state index contributed by atoms with van der Waals surface area (Å²) >= 11 is 0. The first-order valence-electron chi connectivity index (χ1n) is 13.0. The number of piperazine rings is 1. The van der Waals surface area contributed by atoms with Gasteiger partial charge in [0.1, 0.15) is 23.2 Å². The monoisotopic (exact) mass is 490 g/mol. The molecule has 4 heterocycles. The predicted molar refractivity (Wildman–Crippen MR) is 144 cm³/mol. The Morgan fingerprint density at radius 1 is 1.19 bits per heavy atom. The summed E-state index contributed by atoms with van der Waals surface area (Å²) in [4.78, 5) is 21.7. The lowest BCUT2D eigenvalue weighted by Crippen LogP contribution is -2.50. The molecule has 1 saturated carbocycles. The second-order valence-corrected chi connectivity index (χ2v) is 10.6. The number of hydrogen-bond acceptors (Lipinski definition) is 7. The van der Waals surface area contributed by atoms with Gasteiger partial charge in [0.05, 0.1) is 0 Å². The fraction of sp³-hybridized carbons (Fsp3) is 0.519. The second-order valence-electron chi connectivity index (χ2n) is 10.6. The highest BCUT2D eigenvalue weighted by atomic mass is 16.2. The normalized spacial score (nSPS) is 21.9. The van der Waals surface area contributed by atoms with Crippen LogP contribution in [0.3, 0.4) is 0 Å². The van der Waals surface area contributed by atoms with Gasteiger partial charge in [0.2, 0.25) is 0 Å². The largest absolute Gasteiger partial charge is 0.343 e. The summed E-state index contributed by atoms with van der Waals surface area (Å²) in [5.74, 6) is 1.92. The van der Waals surface area contributed by atoms with E-state index in [0.717, 1.165) is 51.1 Å². The van der Waals surface area contributed by atoms with E-state index >= 15 is 0 Å². The van der Waals surface area contributed by atoms with E-state index in [0.29, 0.717) is 35.0 Å². The maximum atomic E-state index is 12.9. The van der Waals surface area contributed by atoms with Crippen molar-refractivity contribution in [1.29, 1.82) is 5.41 Å². The van der Waals surface area contributed by atoms with Crippen LogP contribution in [0.15, 0.2) is 36.8 Å². The van der Waals surface area contributed by atoms with Crippen molar-refractivity contribution in [3.8, 4) is 0 Å². The zero-order valence-electron chi connectivity index (χ0n) is 21.4. The van der Waals surface area contributed by atoms with Crippen LogP contribution in [-0.2, 0) is 6.54 Å². The van der Waals surface area contributed by atoms with Crippen LogP contribution in [0.2, 0.25) is 0 Å². The topological polar surface area (TPSA) is 101 Å². The molecular formula is C27H38N8O. The lowest BCUT2D eigenvalue weighted by Gasteiger charge is -2.32. The van der Waals surface area contributed by atoms with Crippen LogP contribution in [0.25, 0.3) is 0 Å². The van der Waals surface area contributed by atoms with Gasteiger partial charge >= 0.3 is 0 Å². The molecule has 2 saturated heterocycles. The molecule has 9 nitrogen and oxygen atoms in total. The summed E-state index contributed by atoms with van der Waals surface area (Å²) in [5.41, 5.74) is 2.47. The fourth-order valence-electron chi connectivity index (χ4n) is 5.92. The molecule has 2 atom stereocenters. The summed E-state index contributed by atoms with van der Waals surface area (Å²) in [6, 6.07) is 7.39. The SMILES string of the molecule is C=C(Nc1ccc(CN2CC3CCC(C2)N3)cn1)Nc1c(C=N)cc(C(=O)N(C)C)n1C1CCCC1. The number of amides is 1.